The molecule has 0 aliphatic carbocycles. The molecule has 0 spiro atoms. The van der Waals surface area contributed by atoms with Gasteiger partial charge in [0, 0.05) is 25.1 Å². The molecule has 0 amide bonds. The molecule has 0 aromatic heterocycles. The van der Waals surface area contributed by atoms with Gasteiger partial charge in [0.15, 0.2) is 0 Å². The summed E-state index contributed by atoms with van der Waals surface area (Å²) in [6.45, 7) is 3.72. The van der Waals surface area contributed by atoms with Crippen LogP contribution in [0.3, 0.4) is 0 Å². The van der Waals surface area contributed by atoms with E-state index in [0.29, 0.717) is 38.5 Å². The summed E-state index contributed by atoms with van der Waals surface area (Å²) >= 11 is 0. The van der Waals surface area contributed by atoms with Crippen molar-refractivity contribution in [1.29, 1.82) is 0 Å². The van der Waals surface area contributed by atoms with Gasteiger partial charge >= 0.3 is 0 Å². The average molecular weight is 355 g/mol. The fourth-order valence-electron chi connectivity index (χ4n) is 3.79. The molecule has 1 aromatic rings. The van der Waals surface area contributed by atoms with E-state index < -0.39 is 15.4 Å². The third-order valence-corrected chi connectivity index (χ3v) is 7.17. The van der Waals surface area contributed by atoms with Gasteiger partial charge in [0.2, 0.25) is 10.0 Å². The van der Waals surface area contributed by atoms with E-state index in [9.17, 15) is 13.5 Å². The number of aliphatic hydroxyl groups is 1. The number of benzene rings is 1. The molecule has 2 aliphatic rings. The molecule has 2 heterocycles. The standard InChI is InChI=1S/C17H25NO5S/c1-3-13-8-15(4-5-16(13)22-2)24(20,21)18-9-14-6-7-23-12-17(14,10-18)11-19/h4-5,8,14,19H,3,6-7,9-12H2,1-2H3/t14-,17+/m0/s1. The Morgan fingerprint density at radius 2 is 2.25 bits per heavy atom. The first-order valence-corrected chi connectivity index (χ1v) is 9.76. The van der Waals surface area contributed by atoms with Gasteiger partial charge in [-0.2, -0.15) is 4.31 Å². The highest BCUT2D eigenvalue weighted by Gasteiger charge is 2.51. The lowest BCUT2D eigenvalue weighted by atomic mass is 9.76. The van der Waals surface area contributed by atoms with E-state index in [1.807, 2.05) is 6.92 Å². The van der Waals surface area contributed by atoms with Gasteiger partial charge in [0.05, 0.1) is 25.2 Å². The van der Waals surface area contributed by atoms with E-state index in [1.165, 1.54) is 4.31 Å². The summed E-state index contributed by atoms with van der Waals surface area (Å²) in [6, 6.07) is 5.00. The second-order valence-electron chi connectivity index (χ2n) is 6.68. The van der Waals surface area contributed by atoms with Crippen LogP contribution in [-0.2, 0) is 21.2 Å². The summed E-state index contributed by atoms with van der Waals surface area (Å²) in [5.74, 6) is 0.849. The van der Waals surface area contributed by atoms with E-state index in [1.54, 1.807) is 25.3 Å². The Balaban J connectivity index is 1.91. The van der Waals surface area contributed by atoms with E-state index in [0.717, 1.165) is 12.0 Å². The molecule has 2 fully saturated rings. The topological polar surface area (TPSA) is 76.1 Å². The number of nitrogens with zero attached hydrogens (tertiary/aromatic N) is 1. The Hall–Kier alpha value is -1.15. The molecule has 0 bridgehead atoms. The fraction of sp³-hybridized carbons (Fsp3) is 0.647. The number of hydrogen-bond acceptors (Lipinski definition) is 5. The summed E-state index contributed by atoms with van der Waals surface area (Å²) < 4.78 is 38.4. The predicted octanol–water partition coefficient (Wildman–Crippen LogP) is 1.28. The lowest BCUT2D eigenvalue weighted by molar-refractivity contribution is -0.0552. The van der Waals surface area contributed by atoms with E-state index in [4.69, 9.17) is 9.47 Å². The molecule has 2 aliphatic heterocycles. The minimum Gasteiger partial charge on any atom is -0.496 e. The van der Waals surface area contributed by atoms with Crippen LogP contribution in [0.2, 0.25) is 0 Å². The molecular formula is C17H25NO5S. The molecule has 2 saturated heterocycles. The molecule has 6 nitrogen and oxygen atoms in total. The molecule has 134 valence electrons. The summed E-state index contributed by atoms with van der Waals surface area (Å²) in [7, 11) is -2.01. The van der Waals surface area contributed by atoms with Crippen LogP contribution >= 0.6 is 0 Å². The van der Waals surface area contributed by atoms with Gasteiger partial charge in [-0.05, 0) is 42.5 Å². The van der Waals surface area contributed by atoms with Crippen molar-refractivity contribution in [2.24, 2.45) is 11.3 Å². The molecule has 24 heavy (non-hydrogen) atoms. The predicted molar refractivity (Wildman–Crippen MR) is 89.6 cm³/mol. The Morgan fingerprint density at radius 1 is 1.46 bits per heavy atom. The highest BCUT2D eigenvalue weighted by molar-refractivity contribution is 7.89. The number of rotatable bonds is 5. The maximum absolute atomic E-state index is 13.1. The average Bonchev–Trinajstić information content (AvgIpc) is 3.02. The molecule has 3 rings (SSSR count). The second kappa shape index (κ2) is 6.63. The summed E-state index contributed by atoms with van der Waals surface area (Å²) in [5, 5.41) is 9.84. The molecule has 2 atom stereocenters. The number of aliphatic hydroxyl groups excluding tert-OH is 1. The zero-order valence-electron chi connectivity index (χ0n) is 14.2. The first kappa shape index (κ1) is 17.7. The van der Waals surface area contributed by atoms with Crippen LogP contribution in [-0.4, -0.2) is 57.8 Å². The van der Waals surface area contributed by atoms with Crippen molar-refractivity contribution < 1.29 is 23.0 Å². The molecule has 7 heteroatoms. The molecule has 1 aromatic carbocycles. The van der Waals surface area contributed by atoms with Gasteiger partial charge < -0.3 is 14.6 Å². The van der Waals surface area contributed by atoms with Gasteiger partial charge in [-0.25, -0.2) is 8.42 Å². The number of sulfonamides is 1. The number of methoxy groups -OCH3 is 1. The van der Waals surface area contributed by atoms with Crippen molar-refractivity contribution in [2.75, 3.05) is 40.0 Å². The highest BCUT2D eigenvalue weighted by Crippen LogP contribution is 2.43. The van der Waals surface area contributed by atoms with Crippen molar-refractivity contribution in [1.82, 2.24) is 4.31 Å². The first-order chi connectivity index (χ1) is 11.5. The smallest absolute Gasteiger partial charge is 0.243 e. The SMILES string of the molecule is CCc1cc(S(=O)(=O)N2C[C@@H]3CCOC[C@]3(CO)C2)ccc1OC. The first-order valence-electron chi connectivity index (χ1n) is 8.32. The number of ether oxygens (including phenoxy) is 2. The van der Waals surface area contributed by atoms with Crippen LogP contribution < -0.4 is 4.74 Å². The maximum Gasteiger partial charge on any atom is 0.243 e. The van der Waals surface area contributed by atoms with Gasteiger partial charge in [-0.3, -0.25) is 0 Å². The zero-order chi connectivity index (χ0) is 17.4. The fourth-order valence-corrected chi connectivity index (χ4v) is 5.43. The van der Waals surface area contributed by atoms with Crippen LogP contribution in [0.1, 0.15) is 18.9 Å². The van der Waals surface area contributed by atoms with Crippen LogP contribution in [0.5, 0.6) is 5.75 Å². The van der Waals surface area contributed by atoms with Gasteiger partial charge in [-0.1, -0.05) is 6.92 Å². The summed E-state index contributed by atoms with van der Waals surface area (Å²) in [5.41, 5.74) is 0.404. The molecule has 1 N–H and O–H groups in total. The molecule has 0 saturated carbocycles. The summed E-state index contributed by atoms with van der Waals surface area (Å²) in [4.78, 5) is 0.285. The van der Waals surface area contributed by atoms with Crippen LogP contribution in [0.4, 0.5) is 0 Å². The van der Waals surface area contributed by atoms with Crippen molar-refractivity contribution in [3.63, 3.8) is 0 Å². The van der Waals surface area contributed by atoms with Crippen molar-refractivity contribution in [3.05, 3.63) is 23.8 Å². The van der Waals surface area contributed by atoms with Crippen LogP contribution in [0.15, 0.2) is 23.1 Å². The Morgan fingerprint density at radius 3 is 2.88 bits per heavy atom. The van der Waals surface area contributed by atoms with Crippen LogP contribution in [0, 0.1) is 11.3 Å². The lowest BCUT2D eigenvalue weighted by Crippen LogP contribution is -2.43. The van der Waals surface area contributed by atoms with Gasteiger partial charge in [0.25, 0.3) is 0 Å². The molecule has 0 unspecified atom stereocenters. The van der Waals surface area contributed by atoms with Crippen LogP contribution in [0.25, 0.3) is 0 Å². The molecular weight excluding hydrogens is 330 g/mol. The third-order valence-electron chi connectivity index (χ3n) is 5.37. The Labute approximate surface area is 143 Å². The third kappa shape index (κ3) is 2.83. The lowest BCUT2D eigenvalue weighted by Gasteiger charge is -2.36. The Bertz CT molecular complexity index is 705. The monoisotopic (exact) mass is 355 g/mol. The normalized spacial score (nSPS) is 27.9. The maximum atomic E-state index is 13.1. The van der Waals surface area contributed by atoms with Crippen molar-refractivity contribution in [3.8, 4) is 5.75 Å². The number of hydrogen-bond donors (Lipinski definition) is 1. The zero-order valence-corrected chi connectivity index (χ0v) is 15.0. The second-order valence-corrected chi connectivity index (χ2v) is 8.62. The Kier molecular flexibility index (Phi) is 4.88. The minimum atomic E-state index is -3.59. The largest absolute Gasteiger partial charge is 0.496 e. The number of fused-ring (bicyclic) bond motifs is 1. The van der Waals surface area contributed by atoms with Crippen molar-refractivity contribution >= 4 is 10.0 Å². The van der Waals surface area contributed by atoms with E-state index in [2.05, 4.69) is 0 Å². The molecule has 0 radical (unpaired) electrons. The minimum absolute atomic E-state index is 0.0491. The van der Waals surface area contributed by atoms with Gasteiger partial charge in [0.1, 0.15) is 5.75 Å². The van der Waals surface area contributed by atoms with Gasteiger partial charge in [-0.15, -0.1) is 0 Å². The number of aryl methyl sites for hydroxylation is 1. The quantitative estimate of drug-likeness (QED) is 0.861. The summed E-state index contributed by atoms with van der Waals surface area (Å²) in [6.07, 6.45) is 1.49. The van der Waals surface area contributed by atoms with E-state index in [-0.39, 0.29) is 17.4 Å². The van der Waals surface area contributed by atoms with Crippen molar-refractivity contribution in [2.45, 2.75) is 24.7 Å². The highest BCUT2D eigenvalue weighted by atomic mass is 32.2. The van der Waals surface area contributed by atoms with E-state index >= 15 is 0 Å².